The van der Waals surface area contributed by atoms with Gasteiger partial charge in [0, 0.05) is 38.1 Å². The van der Waals surface area contributed by atoms with Crippen molar-refractivity contribution in [3.8, 4) is 0 Å². The fraction of sp³-hybridized carbons (Fsp3) is 0.733. The minimum absolute atomic E-state index is 0.204. The van der Waals surface area contributed by atoms with Crippen molar-refractivity contribution in [1.29, 1.82) is 0 Å². The highest BCUT2D eigenvalue weighted by Crippen LogP contribution is 2.15. The van der Waals surface area contributed by atoms with Crippen molar-refractivity contribution < 1.29 is 9.53 Å². The molecule has 0 saturated carbocycles. The fourth-order valence-corrected chi connectivity index (χ4v) is 2.41. The number of hydrogen-bond acceptors (Lipinski definition) is 4. The molecule has 0 radical (unpaired) electrons. The van der Waals surface area contributed by atoms with E-state index in [1.807, 2.05) is 33.3 Å². The van der Waals surface area contributed by atoms with Gasteiger partial charge in [-0.05, 0) is 40.2 Å². The highest BCUT2D eigenvalue weighted by atomic mass is 16.6. The number of carbonyl (C=O) groups excluding carboxylic acids is 1. The third-order valence-corrected chi connectivity index (χ3v) is 3.43. The molecule has 0 aromatic carbocycles. The molecule has 1 fully saturated rings. The maximum atomic E-state index is 12.0. The van der Waals surface area contributed by atoms with Crippen LogP contribution < -0.4 is 5.32 Å². The van der Waals surface area contributed by atoms with Gasteiger partial charge in [-0.15, -0.1) is 0 Å². The standard InChI is InChI=1S/C15H26N4O2/c1-15(2,3)21-14(20)19-9-5-13(11-19)17-6-4-8-18-10-7-16-12-18/h7,10,12-13,17H,4-6,8-9,11H2,1-3H3. The Morgan fingerprint density at radius 2 is 2.29 bits per heavy atom. The van der Waals surface area contributed by atoms with E-state index >= 15 is 0 Å². The molecule has 1 aromatic rings. The molecule has 1 atom stereocenters. The van der Waals surface area contributed by atoms with Crippen LogP contribution in [0.15, 0.2) is 18.7 Å². The van der Waals surface area contributed by atoms with Gasteiger partial charge in [0.25, 0.3) is 0 Å². The second kappa shape index (κ2) is 6.93. The Morgan fingerprint density at radius 1 is 1.48 bits per heavy atom. The Kier molecular flexibility index (Phi) is 5.22. The van der Waals surface area contributed by atoms with Gasteiger partial charge in [0.05, 0.1) is 6.33 Å². The molecule has 2 rings (SSSR count). The molecule has 118 valence electrons. The third kappa shape index (κ3) is 5.38. The normalized spacial score (nSPS) is 19.0. The van der Waals surface area contributed by atoms with E-state index in [-0.39, 0.29) is 6.09 Å². The number of rotatable bonds is 5. The number of nitrogens with zero attached hydrogens (tertiary/aromatic N) is 3. The second-order valence-electron chi connectivity index (χ2n) is 6.52. The lowest BCUT2D eigenvalue weighted by molar-refractivity contribution is 0.0291. The lowest BCUT2D eigenvalue weighted by atomic mass is 10.2. The van der Waals surface area contributed by atoms with Crippen molar-refractivity contribution in [2.75, 3.05) is 19.6 Å². The maximum Gasteiger partial charge on any atom is 0.410 e. The molecule has 0 bridgehead atoms. The average molecular weight is 294 g/mol. The van der Waals surface area contributed by atoms with Crippen molar-refractivity contribution in [1.82, 2.24) is 19.8 Å². The molecule has 0 aliphatic carbocycles. The number of nitrogens with one attached hydrogen (secondary N) is 1. The second-order valence-corrected chi connectivity index (χ2v) is 6.52. The highest BCUT2D eigenvalue weighted by Gasteiger charge is 2.29. The average Bonchev–Trinajstić information content (AvgIpc) is 3.04. The Morgan fingerprint density at radius 3 is 2.95 bits per heavy atom. The maximum absolute atomic E-state index is 12.0. The minimum Gasteiger partial charge on any atom is -0.444 e. The van der Waals surface area contributed by atoms with Crippen LogP contribution in [0.1, 0.15) is 33.6 Å². The molecule has 1 aromatic heterocycles. The van der Waals surface area contributed by atoms with Crippen LogP contribution >= 0.6 is 0 Å². The summed E-state index contributed by atoms with van der Waals surface area (Å²) in [7, 11) is 0. The first-order valence-electron chi connectivity index (χ1n) is 7.61. The summed E-state index contributed by atoms with van der Waals surface area (Å²) in [4.78, 5) is 17.8. The molecule has 1 aliphatic heterocycles. The number of aryl methyl sites for hydroxylation is 1. The third-order valence-electron chi connectivity index (χ3n) is 3.43. The molecule has 6 heteroatoms. The summed E-state index contributed by atoms with van der Waals surface area (Å²) >= 11 is 0. The fourth-order valence-electron chi connectivity index (χ4n) is 2.41. The van der Waals surface area contributed by atoms with E-state index in [1.165, 1.54) is 0 Å². The van der Waals surface area contributed by atoms with Gasteiger partial charge in [-0.1, -0.05) is 0 Å². The molecule has 1 amide bonds. The zero-order chi connectivity index (χ0) is 15.3. The monoisotopic (exact) mass is 294 g/mol. The number of ether oxygens (including phenoxy) is 1. The number of aromatic nitrogens is 2. The van der Waals surface area contributed by atoms with Crippen molar-refractivity contribution in [2.45, 2.75) is 51.8 Å². The van der Waals surface area contributed by atoms with Gasteiger partial charge in [-0.3, -0.25) is 0 Å². The van der Waals surface area contributed by atoms with Crippen LogP contribution in [0, 0.1) is 0 Å². The van der Waals surface area contributed by atoms with Crippen LogP contribution in [0.3, 0.4) is 0 Å². The van der Waals surface area contributed by atoms with Gasteiger partial charge in [0.15, 0.2) is 0 Å². The number of likely N-dealkylation sites (tertiary alicyclic amines) is 1. The lowest BCUT2D eigenvalue weighted by Crippen LogP contribution is -2.38. The van der Waals surface area contributed by atoms with E-state index in [0.717, 1.165) is 39.0 Å². The topological polar surface area (TPSA) is 59.4 Å². The van der Waals surface area contributed by atoms with E-state index in [0.29, 0.717) is 6.04 Å². The number of hydrogen-bond donors (Lipinski definition) is 1. The predicted molar refractivity (Wildman–Crippen MR) is 81.1 cm³/mol. The highest BCUT2D eigenvalue weighted by molar-refractivity contribution is 5.68. The summed E-state index contributed by atoms with van der Waals surface area (Å²) in [6.07, 6.45) is 7.44. The van der Waals surface area contributed by atoms with E-state index < -0.39 is 5.60 Å². The van der Waals surface area contributed by atoms with E-state index in [1.54, 1.807) is 11.1 Å². The first-order valence-corrected chi connectivity index (χ1v) is 7.61. The Bertz CT molecular complexity index is 439. The molecule has 1 unspecified atom stereocenters. The molecule has 21 heavy (non-hydrogen) atoms. The Labute approximate surface area is 126 Å². The van der Waals surface area contributed by atoms with Crippen LogP contribution in [0.2, 0.25) is 0 Å². The summed E-state index contributed by atoms with van der Waals surface area (Å²) in [5.74, 6) is 0. The molecular formula is C15H26N4O2. The summed E-state index contributed by atoms with van der Waals surface area (Å²) in [5, 5.41) is 3.51. The molecule has 1 saturated heterocycles. The van der Waals surface area contributed by atoms with Crippen molar-refractivity contribution in [3.63, 3.8) is 0 Å². The SMILES string of the molecule is CC(C)(C)OC(=O)N1CCC(NCCCn2ccnc2)C1. The van der Waals surface area contributed by atoms with Gasteiger partial charge in [0.1, 0.15) is 5.60 Å². The van der Waals surface area contributed by atoms with Crippen LogP contribution in [0.4, 0.5) is 4.79 Å². The molecule has 1 aliphatic rings. The summed E-state index contributed by atoms with van der Waals surface area (Å²) in [6.45, 7) is 9.11. The molecule has 2 heterocycles. The molecule has 6 nitrogen and oxygen atoms in total. The summed E-state index contributed by atoms with van der Waals surface area (Å²) < 4.78 is 7.47. The molecule has 0 spiro atoms. The van der Waals surface area contributed by atoms with Crippen LogP contribution in [-0.2, 0) is 11.3 Å². The van der Waals surface area contributed by atoms with Crippen molar-refractivity contribution in [3.05, 3.63) is 18.7 Å². The quantitative estimate of drug-likeness (QED) is 0.842. The van der Waals surface area contributed by atoms with Crippen LogP contribution in [0.5, 0.6) is 0 Å². The van der Waals surface area contributed by atoms with Crippen molar-refractivity contribution >= 4 is 6.09 Å². The first-order chi connectivity index (χ1) is 9.94. The largest absolute Gasteiger partial charge is 0.444 e. The van der Waals surface area contributed by atoms with Gasteiger partial charge in [-0.2, -0.15) is 0 Å². The van der Waals surface area contributed by atoms with E-state index in [4.69, 9.17) is 4.74 Å². The summed E-state index contributed by atoms with van der Waals surface area (Å²) in [6, 6.07) is 0.375. The summed E-state index contributed by atoms with van der Waals surface area (Å²) in [5.41, 5.74) is -0.423. The van der Waals surface area contributed by atoms with Gasteiger partial charge in [-0.25, -0.2) is 9.78 Å². The Balaban J connectivity index is 1.62. The van der Waals surface area contributed by atoms with E-state index in [2.05, 4.69) is 14.9 Å². The minimum atomic E-state index is -0.423. The number of carbonyl (C=O) groups is 1. The first kappa shape index (κ1) is 15.8. The van der Waals surface area contributed by atoms with E-state index in [9.17, 15) is 4.79 Å². The van der Waals surface area contributed by atoms with Gasteiger partial charge < -0.3 is 19.5 Å². The van der Waals surface area contributed by atoms with Crippen LogP contribution in [-0.4, -0.2) is 51.8 Å². The Hall–Kier alpha value is -1.56. The molecular weight excluding hydrogens is 268 g/mol. The zero-order valence-corrected chi connectivity index (χ0v) is 13.2. The zero-order valence-electron chi connectivity index (χ0n) is 13.2. The predicted octanol–water partition coefficient (Wildman–Crippen LogP) is 1.87. The van der Waals surface area contributed by atoms with Crippen LogP contribution in [0.25, 0.3) is 0 Å². The number of amides is 1. The lowest BCUT2D eigenvalue weighted by Gasteiger charge is -2.24. The smallest absolute Gasteiger partial charge is 0.410 e. The van der Waals surface area contributed by atoms with Crippen molar-refractivity contribution in [2.24, 2.45) is 0 Å². The van der Waals surface area contributed by atoms with Gasteiger partial charge >= 0.3 is 6.09 Å². The number of imidazole rings is 1. The van der Waals surface area contributed by atoms with Gasteiger partial charge in [0.2, 0.25) is 0 Å². The molecule has 1 N–H and O–H groups in total.